The van der Waals surface area contributed by atoms with E-state index in [-0.39, 0.29) is 18.4 Å². The lowest BCUT2D eigenvalue weighted by Gasteiger charge is -2.22. The van der Waals surface area contributed by atoms with Gasteiger partial charge in [0.1, 0.15) is 11.8 Å². The number of methoxy groups -OCH3 is 1. The van der Waals surface area contributed by atoms with Crippen LogP contribution < -0.4 is 15.4 Å². The van der Waals surface area contributed by atoms with Gasteiger partial charge in [0.25, 0.3) is 5.91 Å². The molecule has 1 aromatic carbocycles. The van der Waals surface area contributed by atoms with E-state index in [1.165, 1.54) is 14.0 Å². The number of benzene rings is 1. The summed E-state index contributed by atoms with van der Waals surface area (Å²) in [5.74, 6) is -1.98. The summed E-state index contributed by atoms with van der Waals surface area (Å²) in [5, 5.41) is 14.1. The van der Waals surface area contributed by atoms with E-state index < -0.39 is 23.8 Å². The molecule has 132 valence electrons. The minimum atomic E-state index is -0.987. The summed E-state index contributed by atoms with van der Waals surface area (Å²) in [4.78, 5) is 35.3. The zero-order chi connectivity index (χ0) is 18.3. The first-order chi connectivity index (χ1) is 11.3. The Hall–Kier alpha value is -2.57. The molecule has 24 heavy (non-hydrogen) atoms. The molecule has 0 fully saturated rings. The highest BCUT2D eigenvalue weighted by Gasteiger charge is 2.25. The summed E-state index contributed by atoms with van der Waals surface area (Å²) < 4.78 is 5.04. The summed E-state index contributed by atoms with van der Waals surface area (Å²) in [7, 11) is 1.53. The molecule has 0 saturated carbocycles. The number of carbonyl (C=O) groups is 3. The third-order valence-corrected chi connectivity index (χ3v) is 3.59. The molecule has 1 aromatic rings. The van der Waals surface area contributed by atoms with Crippen LogP contribution >= 0.6 is 0 Å². The highest BCUT2D eigenvalue weighted by molar-refractivity contribution is 5.97. The van der Waals surface area contributed by atoms with Crippen LogP contribution in [-0.4, -0.2) is 42.6 Å². The minimum absolute atomic E-state index is 0.00972. The molecule has 0 aromatic heterocycles. The number of ether oxygens (including phenoxy) is 1. The molecule has 0 aliphatic heterocycles. The van der Waals surface area contributed by atoms with Crippen LogP contribution in [0.3, 0.4) is 0 Å². The van der Waals surface area contributed by atoms with Crippen LogP contribution in [0.1, 0.15) is 31.1 Å². The van der Waals surface area contributed by atoms with Crippen molar-refractivity contribution in [2.24, 2.45) is 11.8 Å². The van der Waals surface area contributed by atoms with Gasteiger partial charge >= 0.3 is 5.97 Å². The van der Waals surface area contributed by atoms with Gasteiger partial charge in [0.15, 0.2) is 0 Å². The topological polar surface area (TPSA) is 105 Å². The predicted octanol–water partition coefficient (Wildman–Crippen LogP) is 1.29. The maximum Gasteiger partial charge on any atom is 0.308 e. The van der Waals surface area contributed by atoms with Gasteiger partial charge in [-0.15, -0.1) is 0 Å². The maximum absolute atomic E-state index is 12.3. The van der Waals surface area contributed by atoms with Crippen molar-refractivity contribution in [2.75, 3.05) is 13.7 Å². The third kappa shape index (κ3) is 5.57. The van der Waals surface area contributed by atoms with Crippen LogP contribution in [-0.2, 0) is 9.59 Å². The van der Waals surface area contributed by atoms with Crippen LogP contribution in [0.2, 0.25) is 0 Å². The number of hydrogen-bond acceptors (Lipinski definition) is 4. The van der Waals surface area contributed by atoms with E-state index in [9.17, 15) is 14.4 Å². The first-order valence-corrected chi connectivity index (χ1v) is 7.71. The quantitative estimate of drug-likeness (QED) is 0.663. The zero-order valence-corrected chi connectivity index (χ0v) is 14.3. The van der Waals surface area contributed by atoms with Gasteiger partial charge in [-0.2, -0.15) is 0 Å². The highest BCUT2D eigenvalue weighted by Crippen LogP contribution is 2.12. The molecule has 7 nitrogen and oxygen atoms in total. The van der Waals surface area contributed by atoms with Crippen LogP contribution in [0.25, 0.3) is 0 Å². The third-order valence-electron chi connectivity index (χ3n) is 3.59. The molecule has 7 heteroatoms. The molecule has 0 spiro atoms. The van der Waals surface area contributed by atoms with E-state index in [1.54, 1.807) is 38.1 Å². The second-order valence-corrected chi connectivity index (χ2v) is 5.91. The fraction of sp³-hybridized carbons (Fsp3) is 0.471. The van der Waals surface area contributed by atoms with Crippen molar-refractivity contribution in [1.82, 2.24) is 10.6 Å². The molecule has 0 saturated heterocycles. The molecule has 0 heterocycles. The number of hydrogen-bond donors (Lipinski definition) is 3. The first kappa shape index (κ1) is 19.5. The molecule has 1 rings (SSSR count). The van der Waals surface area contributed by atoms with Gasteiger partial charge in [-0.3, -0.25) is 14.4 Å². The summed E-state index contributed by atoms with van der Waals surface area (Å²) in [6.07, 6.45) is 0. The fourth-order valence-corrected chi connectivity index (χ4v) is 1.95. The fourth-order valence-electron chi connectivity index (χ4n) is 1.95. The average molecular weight is 336 g/mol. The normalized spacial score (nSPS) is 13.0. The Balaban J connectivity index is 2.71. The molecule has 2 atom stereocenters. The maximum atomic E-state index is 12.3. The van der Waals surface area contributed by atoms with Crippen molar-refractivity contribution >= 4 is 17.8 Å². The number of nitrogens with one attached hydrogen (secondary N) is 2. The first-order valence-electron chi connectivity index (χ1n) is 7.71. The van der Waals surface area contributed by atoms with Gasteiger partial charge < -0.3 is 20.5 Å². The van der Waals surface area contributed by atoms with E-state index in [1.807, 2.05) is 0 Å². The van der Waals surface area contributed by atoms with Gasteiger partial charge in [0, 0.05) is 12.1 Å². The zero-order valence-electron chi connectivity index (χ0n) is 14.3. The Morgan fingerprint density at radius 3 is 2.17 bits per heavy atom. The molecular weight excluding hydrogens is 312 g/mol. The molecule has 0 radical (unpaired) electrons. The lowest BCUT2D eigenvalue weighted by molar-refractivity contribution is -0.141. The van der Waals surface area contributed by atoms with Crippen LogP contribution in [0.5, 0.6) is 5.75 Å². The summed E-state index contributed by atoms with van der Waals surface area (Å²) >= 11 is 0. The Morgan fingerprint density at radius 2 is 1.71 bits per heavy atom. The van der Waals surface area contributed by atoms with Gasteiger partial charge in [0.05, 0.1) is 13.0 Å². The molecule has 3 N–H and O–H groups in total. The number of amides is 2. The Kier molecular flexibility index (Phi) is 7.23. The van der Waals surface area contributed by atoms with Crippen LogP contribution in [0.4, 0.5) is 0 Å². The van der Waals surface area contributed by atoms with Crippen molar-refractivity contribution in [1.29, 1.82) is 0 Å². The Bertz CT molecular complexity index is 583. The van der Waals surface area contributed by atoms with Crippen molar-refractivity contribution < 1.29 is 24.2 Å². The summed E-state index contributed by atoms with van der Waals surface area (Å²) in [5.41, 5.74) is 0.410. The molecule has 2 unspecified atom stereocenters. The van der Waals surface area contributed by atoms with Gasteiger partial charge in [-0.05, 0) is 30.2 Å². The van der Waals surface area contributed by atoms with Gasteiger partial charge in [-0.1, -0.05) is 20.8 Å². The molecular formula is C17H24N2O5. The summed E-state index contributed by atoms with van der Waals surface area (Å²) in [6, 6.07) is 5.79. The Morgan fingerprint density at radius 1 is 1.12 bits per heavy atom. The van der Waals surface area contributed by atoms with Crippen molar-refractivity contribution in [2.45, 2.75) is 26.8 Å². The second-order valence-electron chi connectivity index (χ2n) is 5.91. The monoisotopic (exact) mass is 336 g/mol. The largest absolute Gasteiger partial charge is 0.497 e. The molecule has 0 aliphatic carbocycles. The van der Waals surface area contributed by atoms with Crippen molar-refractivity contribution in [3.8, 4) is 5.75 Å². The van der Waals surface area contributed by atoms with Gasteiger partial charge in [0.2, 0.25) is 5.91 Å². The number of rotatable bonds is 8. The van der Waals surface area contributed by atoms with E-state index in [0.717, 1.165) is 0 Å². The van der Waals surface area contributed by atoms with E-state index >= 15 is 0 Å². The van der Waals surface area contributed by atoms with E-state index in [2.05, 4.69) is 10.6 Å². The SMILES string of the molecule is COc1ccc(C(=O)NC(C(=O)NCC(C)C(=O)O)C(C)C)cc1. The Labute approximate surface area is 141 Å². The van der Waals surface area contributed by atoms with Crippen molar-refractivity contribution in [3.63, 3.8) is 0 Å². The predicted molar refractivity (Wildman–Crippen MR) is 88.9 cm³/mol. The number of carboxylic acids is 1. The van der Waals surface area contributed by atoms with Gasteiger partial charge in [-0.25, -0.2) is 0 Å². The summed E-state index contributed by atoms with van der Waals surface area (Å²) in [6.45, 7) is 5.12. The number of carboxylic acid groups (broad SMARTS) is 1. The number of carbonyl (C=O) groups excluding carboxylic acids is 2. The minimum Gasteiger partial charge on any atom is -0.497 e. The van der Waals surface area contributed by atoms with Crippen LogP contribution in [0, 0.1) is 11.8 Å². The molecule has 0 aliphatic rings. The lowest BCUT2D eigenvalue weighted by Crippen LogP contribution is -2.50. The molecule has 2 amide bonds. The highest BCUT2D eigenvalue weighted by atomic mass is 16.5. The van der Waals surface area contributed by atoms with E-state index in [4.69, 9.17) is 9.84 Å². The standard InChI is InChI=1S/C17H24N2O5/c1-10(2)14(16(21)18-9-11(3)17(22)23)19-15(20)12-5-7-13(24-4)8-6-12/h5-8,10-11,14H,9H2,1-4H3,(H,18,21)(H,19,20)(H,22,23). The number of aliphatic carboxylic acids is 1. The smallest absolute Gasteiger partial charge is 0.308 e. The lowest BCUT2D eigenvalue weighted by atomic mass is 10.0. The average Bonchev–Trinajstić information content (AvgIpc) is 2.56. The van der Waals surface area contributed by atoms with Crippen LogP contribution in [0.15, 0.2) is 24.3 Å². The second kappa shape index (κ2) is 8.90. The molecule has 0 bridgehead atoms. The van der Waals surface area contributed by atoms with Crippen molar-refractivity contribution in [3.05, 3.63) is 29.8 Å². The van der Waals surface area contributed by atoms with E-state index in [0.29, 0.717) is 11.3 Å².